The van der Waals surface area contributed by atoms with Gasteiger partial charge in [-0.15, -0.1) is 0 Å². The van der Waals surface area contributed by atoms with Crippen LogP contribution in [-0.4, -0.2) is 5.17 Å². The van der Waals surface area contributed by atoms with E-state index in [1.165, 1.54) is 12.1 Å². The van der Waals surface area contributed by atoms with Crippen molar-refractivity contribution >= 4 is 23.1 Å². The third-order valence-electron chi connectivity index (χ3n) is 2.88. The van der Waals surface area contributed by atoms with Gasteiger partial charge < -0.3 is 10.1 Å². The summed E-state index contributed by atoms with van der Waals surface area (Å²) in [6.07, 6.45) is -0.282. The number of para-hydroxylation sites is 1. The fourth-order valence-electron chi connectivity index (χ4n) is 2.03. The normalized spacial score (nSPS) is 17.6. The highest BCUT2D eigenvalue weighted by molar-refractivity contribution is 7.80. The summed E-state index contributed by atoms with van der Waals surface area (Å²) >= 11 is 5.08. The fraction of sp³-hybridized carbons (Fsp3) is 0.0714. The third kappa shape index (κ3) is 1.95. The SMILES string of the molecule is Fc1ccc(C2OC(=S)Nc3ccccc32)cc1. The molecule has 0 aromatic heterocycles. The molecule has 3 rings (SSSR count). The first kappa shape index (κ1) is 11.2. The highest BCUT2D eigenvalue weighted by atomic mass is 32.1. The first-order chi connectivity index (χ1) is 8.74. The van der Waals surface area contributed by atoms with Gasteiger partial charge in [-0.3, -0.25) is 0 Å². The van der Waals surface area contributed by atoms with Gasteiger partial charge in [0.05, 0.1) is 0 Å². The Kier molecular flexibility index (Phi) is 2.72. The molecule has 2 aromatic rings. The molecule has 4 heteroatoms. The molecule has 1 aliphatic heterocycles. The minimum Gasteiger partial charge on any atom is -0.458 e. The smallest absolute Gasteiger partial charge is 0.262 e. The molecule has 1 N–H and O–H groups in total. The van der Waals surface area contributed by atoms with Crippen LogP contribution in [0, 0.1) is 5.82 Å². The van der Waals surface area contributed by atoms with Gasteiger partial charge in [0.15, 0.2) is 6.10 Å². The van der Waals surface area contributed by atoms with E-state index in [1.54, 1.807) is 12.1 Å². The Hall–Kier alpha value is -1.94. The number of fused-ring (bicyclic) bond motifs is 1. The van der Waals surface area contributed by atoms with E-state index in [2.05, 4.69) is 5.32 Å². The van der Waals surface area contributed by atoms with E-state index in [0.717, 1.165) is 16.8 Å². The highest BCUT2D eigenvalue weighted by Crippen LogP contribution is 2.35. The van der Waals surface area contributed by atoms with Gasteiger partial charge in [-0.25, -0.2) is 4.39 Å². The Morgan fingerprint density at radius 1 is 1.06 bits per heavy atom. The van der Waals surface area contributed by atoms with Crippen molar-refractivity contribution in [3.8, 4) is 0 Å². The molecule has 0 aliphatic carbocycles. The van der Waals surface area contributed by atoms with E-state index >= 15 is 0 Å². The van der Waals surface area contributed by atoms with Gasteiger partial charge in [-0.1, -0.05) is 30.3 Å². The highest BCUT2D eigenvalue weighted by Gasteiger charge is 2.25. The van der Waals surface area contributed by atoms with Crippen LogP contribution in [-0.2, 0) is 4.74 Å². The van der Waals surface area contributed by atoms with Gasteiger partial charge in [0, 0.05) is 11.3 Å². The number of hydrogen-bond donors (Lipinski definition) is 1. The standard InChI is InChI=1S/C14H10FNOS/c15-10-7-5-9(6-8-10)13-11-3-1-2-4-12(11)16-14(18)17-13/h1-8,13H,(H,16,18). The van der Waals surface area contributed by atoms with Gasteiger partial charge in [0.1, 0.15) is 5.82 Å². The second kappa shape index (κ2) is 4.38. The van der Waals surface area contributed by atoms with Crippen molar-refractivity contribution in [1.82, 2.24) is 0 Å². The van der Waals surface area contributed by atoms with Crippen LogP contribution in [0.3, 0.4) is 0 Å². The summed E-state index contributed by atoms with van der Waals surface area (Å²) in [5, 5.41) is 3.34. The van der Waals surface area contributed by atoms with Gasteiger partial charge >= 0.3 is 0 Å². The van der Waals surface area contributed by atoms with Crippen molar-refractivity contribution in [2.75, 3.05) is 5.32 Å². The second-order valence-electron chi connectivity index (χ2n) is 4.05. The van der Waals surface area contributed by atoms with E-state index in [0.29, 0.717) is 5.17 Å². The van der Waals surface area contributed by atoms with Crippen LogP contribution < -0.4 is 5.32 Å². The minimum atomic E-state index is -0.282. The molecule has 1 atom stereocenters. The van der Waals surface area contributed by atoms with Crippen molar-refractivity contribution in [3.63, 3.8) is 0 Å². The molecule has 1 aliphatic rings. The topological polar surface area (TPSA) is 21.3 Å². The van der Waals surface area contributed by atoms with Crippen molar-refractivity contribution in [2.45, 2.75) is 6.10 Å². The molecule has 18 heavy (non-hydrogen) atoms. The molecule has 0 radical (unpaired) electrons. The quantitative estimate of drug-likeness (QED) is 0.790. The maximum absolute atomic E-state index is 12.9. The number of thiocarbonyl (C=S) groups is 1. The van der Waals surface area contributed by atoms with Crippen LogP contribution in [0.5, 0.6) is 0 Å². The summed E-state index contributed by atoms with van der Waals surface area (Å²) in [6, 6.07) is 14.1. The van der Waals surface area contributed by atoms with E-state index < -0.39 is 0 Å². The number of benzene rings is 2. The minimum absolute atomic E-state index is 0.261. The molecule has 2 nitrogen and oxygen atoms in total. The number of rotatable bonds is 1. The largest absolute Gasteiger partial charge is 0.458 e. The predicted octanol–water partition coefficient (Wildman–Crippen LogP) is 3.64. The summed E-state index contributed by atoms with van der Waals surface area (Å²) in [4.78, 5) is 0. The Balaban J connectivity index is 2.07. The van der Waals surface area contributed by atoms with E-state index in [-0.39, 0.29) is 11.9 Å². The van der Waals surface area contributed by atoms with Gasteiger partial charge in [0.2, 0.25) is 0 Å². The monoisotopic (exact) mass is 259 g/mol. The van der Waals surface area contributed by atoms with Crippen molar-refractivity contribution in [3.05, 3.63) is 65.5 Å². The lowest BCUT2D eigenvalue weighted by atomic mass is 9.99. The Labute approximate surface area is 109 Å². The molecule has 2 aromatic carbocycles. The number of halogens is 1. The van der Waals surface area contributed by atoms with E-state index in [9.17, 15) is 4.39 Å². The number of ether oxygens (including phenoxy) is 1. The van der Waals surface area contributed by atoms with Crippen LogP contribution in [0.2, 0.25) is 0 Å². The summed E-state index contributed by atoms with van der Waals surface area (Å²) in [7, 11) is 0. The zero-order chi connectivity index (χ0) is 12.5. The lowest BCUT2D eigenvalue weighted by Gasteiger charge is -2.28. The van der Waals surface area contributed by atoms with Gasteiger partial charge in [0.25, 0.3) is 5.17 Å². The second-order valence-corrected chi connectivity index (χ2v) is 4.42. The lowest BCUT2D eigenvalue weighted by molar-refractivity contribution is 0.234. The van der Waals surface area contributed by atoms with Crippen LogP contribution in [0.1, 0.15) is 17.2 Å². The zero-order valence-corrected chi connectivity index (χ0v) is 10.2. The molecule has 1 unspecified atom stereocenters. The molecular weight excluding hydrogens is 249 g/mol. The predicted molar refractivity (Wildman–Crippen MR) is 72.0 cm³/mol. The summed E-state index contributed by atoms with van der Waals surface area (Å²) in [5.41, 5.74) is 2.81. The number of anilines is 1. The van der Waals surface area contributed by atoms with Crippen molar-refractivity contribution < 1.29 is 9.13 Å². The lowest BCUT2D eigenvalue weighted by Crippen LogP contribution is -2.24. The van der Waals surface area contributed by atoms with Crippen LogP contribution in [0.4, 0.5) is 10.1 Å². The first-order valence-electron chi connectivity index (χ1n) is 5.56. The molecular formula is C14H10FNOS. The third-order valence-corrected chi connectivity index (χ3v) is 3.08. The van der Waals surface area contributed by atoms with E-state index in [4.69, 9.17) is 17.0 Å². The summed E-state index contributed by atoms with van der Waals surface area (Å²) in [6.45, 7) is 0. The molecule has 0 saturated carbocycles. The maximum Gasteiger partial charge on any atom is 0.262 e. The van der Waals surface area contributed by atoms with Crippen LogP contribution >= 0.6 is 12.2 Å². The summed E-state index contributed by atoms with van der Waals surface area (Å²) in [5.74, 6) is -0.261. The van der Waals surface area contributed by atoms with Gasteiger partial charge in [-0.2, -0.15) is 0 Å². The summed E-state index contributed by atoms with van der Waals surface area (Å²) < 4.78 is 18.6. The number of nitrogens with one attached hydrogen (secondary N) is 1. The van der Waals surface area contributed by atoms with Gasteiger partial charge in [-0.05, 0) is 36.0 Å². The Morgan fingerprint density at radius 2 is 1.78 bits per heavy atom. The van der Waals surface area contributed by atoms with Crippen LogP contribution in [0.25, 0.3) is 0 Å². The van der Waals surface area contributed by atoms with Crippen LogP contribution in [0.15, 0.2) is 48.5 Å². The van der Waals surface area contributed by atoms with Crippen molar-refractivity contribution in [1.29, 1.82) is 0 Å². The molecule has 0 amide bonds. The van der Waals surface area contributed by atoms with Crippen molar-refractivity contribution in [2.24, 2.45) is 0 Å². The zero-order valence-electron chi connectivity index (χ0n) is 9.39. The fourth-order valence-corrected chi connectivity index (χ4v) is 2.24. The molecule has 0 saturated heterocycles. The first-order valence-corrected chi connectivity index (χ1v) is 5.97. The Bertz CT molecular complexity index is 597. The average Bonchev–Trinajstić information content (AvgIpc) is 2.38. The molecule has 0 fully saturated rings. The molecule has 0 spiro atoms. The number of hydrogen-bond acceptors (Lipinski definition) is 2. The Morgan fingerprint density at radius 3 is 2.56 bits per heavy atom. The molecule has 1 heterocycles. The average molecular weight is 259 g/mol. The maximum atomic E-state index is 12.9. The van der Waals surface area contributed by atoms with E-state index in [1.807, 2.05) is 24.3 Å². The molecule has 90 valence electrons. The molecule has 0 bridgehead atoms.